The molecule has 0 aromatic carbocycles. The second-order valence-electron chi connectivity index (χ2n) is 3.20. The zero-order valence-corrected chi connectivity index (χ0v) is 12.0. The number of rotatable bonds is 3. The minimum Gasteiger partial charge on any atom is -0.478 e. The quantitative estimate of drug-likeness (QED) is 0.918. The molecule has 18 heavy (non-hydrogen) atoms. The van der Waals surface area contributed by atoms with Crippen LogP contribution in [-0.4, -0.2) is 21.0 Å². The second-order valence-corrected chi connectivity index (χ2v) is 5.50. The molecule has 2 rings (SSSR count). The van der Waals surface area contributed by atoms with Gasteiger partial charge in [-0.2, -0.15) is 0 Å². The number of carboxylic acids is 1. The van der Waals surface area contributed by atoms with Crippen LogP contribution in [0.5, 0.6) is 0 Å². The van der Waals surface area contributed by atoms with E-state index in [0.717, 1.165) is 16.2 Å². The van der Waals surface area contributed by atoms with Gasteiger partial charge in [0.15, 0.2) is 0 Å². The number of halogens is 2. The van der Waals surface area contributed by atoms with Crippen LogP contribution >= 0.6 is 39.3 Å². The van der Waals surface area contributed by atoms with Crippen LogP contribution in [0.15, 0.2) is 45.1 Å². The van der Waals surface area contributed by atoms with E-state index in [4.69, 9.17) is 16.7 Å². The normalized spacial score (nSPS) is 10.3. The summed E-state index contributed by atoms with van der Waals surface area (Å²) >= 11 is 10.4. The number of aromatic nitrogens is 2. The van der Waals surface area contributed by atoms with Crippen molar-refractivity contribution in [2.45, 2.75) is 10.1 Å². The molecule has 0 spiro atoms. The molecule has 2 heterocycles. The van der Waals surface area contributed by atoms with Crippen LogP contribution in [-0.2, 0) is 0 Å². The lowest BCUT2D eigenvalue weighted by molar-refractivity contribution is 0.0692. The van der Waals surface area contributed by atoms with Crippen LogP contribution in [0.4, 0.5) is 0 Å². The van der Waals surface area contributed by atoms with Crippen molar-refractivity contribution < 1.29 is 9.90 Å². The van der Waals surface area contributed by atoms with Crippen LogP contribution in [0.3, 0.4) is 0 Å². The molecule has 0 unspecified atom stereocenters. The minimum absolute atomic E-state index is 0.128. The molecule has 0 amide bonds. The molecule has 0 aliphatic carbocycles. The highest BCUT2D eigenvalue weighted by Gasteiger charge is 2.14. The summed E-state index contributed by atoms with van der Waals surface area (Å²) in [4.78, 5) is 19.2. The van der Waals surface area contributed by atoms with E-state index in [2.05, 4.69) is 25.9 Å². The maximum atomic E-state index is 11.0. The largest absolute Gasteiger partial charge is 0.478 e. The fraction of sp³-hybridized carbons (Fsp3) is 0. The number of carboxylic acid groups (broad SMARTS) is 1. The third kappa shape index (κ3) is 3.01. The molecule has 0 aliphatic heterocycles. The Morgan fingerprint density at radius 1 is 1.39 bits per heavy atom. The molecule has 0 atom stereocenters. The van der Waals surface area contributed by atoms with Crippen molar-refractivity contribution in [3.8, 4) is 0 Å². The van der Waals surface area contributed by atoms with E-state index in [9.17, 15) is 4.79 Å². The molecule has 0 saturated carbocycles. The third-order valence-electron chi connectivity index (χ3n) is 1.97. The number of hydrogen-bond acceptors (Lipinski definition) is 4. The summed E-state index contributed by atoms with van der Waals surface area (Å²) in [6.07, 6.45) is 3.12. The van der Waals surface area contributed by atoms with Gasteiger partial charge in [0.25, 0.3) is 0 Å². The molecule has 0 aliphatic rings. The summed E-state index contributed by atoms with van der Waals surface area (Å²) in [5.74, 6) is -1.03. The number of nitrogens with zero attached hydrogens (tertiary/aromatic N) is 2. The molecule has 0 saturated heterocycles. The van der Waals surface area contributed by atoms with E-state index in [1.54, 1.807) is 18.3 Å². The Balaban J connectivity index is 2.37. The summed E-state index contributed by atoms with van der Waals surface area (Å²) in [6.45, 7) is 0. The molecule has 7 heteroatoms. The number of pyridine rings is 2. The van der Waals surface area contributed by atoms with E-state index in [0.29, 0.717) is 15.1 Å². The number of hydrogen-bond donors (Lipinski definition) is 1. The van der Waals surface area contributed by atoms with Gasteiger partial charge in [-0.1, -0.05) is 11.6 Å². The van der Waals surface area contributed by atoms with Gasteiger partial charge >= 0.3 is 5.97 Å². The molecule has 0 bridgehead atoms. The van der Waals surface area contributed by atoms with E-state index in [-0.39, 0.29) is 5.56 Å². The molecule has 2 aromatic rings. The van der Waals surface area contributed by atoms with E-state index >= 15 is 0 Å². The standard InChI is InChI=1S/C11H6BrClN2O2S/c12-6-4-8(13)10(15-5-6)18-9-7(11(16)17)2-1-3-14-9/h1-5H,(H,16,17). The molecule has 4 nitrogen and oxygen atoms in total. The lowest BCUT2D eigenvalue weighted by atomic mass is 10.3. The molecule has 0 fully saturated rings. The predicted molar refractivity (Wildman–Crippen MR) is 72.3 cm³/mol. The van der Waals surface area contributed by atoms with Crippen molar-refractivity contribution in [1.82, 2.24) is 9.97 Å². The fourth-order valence-corrected chi connectivity index (χ4v) is 2.77. The van der Waals surface area contributed by atoms with Crippen molar-refractivity contribution in [3.05, 3.63) is 45.7 Å². The second kappa shape index (κ2) is 5.69. The van der Waals surface area contributed by atoms with Gasteiger partial charge in [0.2, 0.25) is 0 Å². The van der Waals surface area contributed by atoms with Gasteiger partial charge in [0.1, 0.15) is 10.1 Å². The molecule has 1 N–H and O–H groups in total. The highest BCUT2D eigenvalue weighted by molar-refractivity contribution is 9.10. The smallest absolute Gasteiger partial charge is 0.338 e. The highest BCUT2D eigenvalue weighted by atomic mass is 79.9. The topological polar surface area (TPSA) is 63.1 Å². The van der Waals surface area contributed by atoms with Crippen molar-refractivity contribution in [3.63, 3.8) is 0 Å². The highest BCUT2D eigenvalue weighted by Crippen LogP contribution is 2.33. The summed E-state index contributed by atoms with van der Waals surface area (Å²) in [5.41, 5.74) is 0.128. The average molecular weight is 346 g/mol. The Hall–Kier alpha value is -1.11. The van der Waals surface area contributed by atoms with Gasteiger partial charge in [0, 0.05) is 16.9 Å². The summed E-state index contributed by atoms with van der Waals surface area (Å²) in [5, 5.41) is 10.4. The monoisotopic (exact) mass is 344 g/mol. The van der Waals surface area contributed by atoms with Crippen LogP contribution in [0.2, 0.25) is 5.02 Å². The molecule has 2 aromatic heterocycles. The lowest BCUT2D eigenvalue weighted by Crippen LogP contribution is -2.00. The van der Waals surface area contributed by atoms with E-state index < -0.39 is 5.97 Å². The number of aromatic carboxylic acids is 1. The maximum Gasteiger partial charge on any atom is 0.338 e. The first kappa shape index (κ1) is 13.3. The summed E-state index contributed by atoms with van der Waals surface area (Å²) in [6, 6.07) is 4.76. The Kier molecular flexibility index (Phi) is 4.21. The lowest BCUT2D eigenvalue weighted by Gasteiger charge is -2.05. The van der Waals surface area contributed by atoms with Gasteiger partial charge in [-0.25, -0.2) is 14.8 Å². The van der Waals surface area contributed by atoms with Gasteiger partial charge in [0.05, 0.1) is 10.6 Å². The summed E-state index contributed by atoms with van der Waals surface area (Å²) < 4.78 is 0.760. The van der Waals surface area contributed by atoms with Crippen molar-refractivity contribution in [2.24, 2.45) is 0 Å². The average Bonchev–Trinajstić information content (AvgIpc) is 2.33. The van der Waals surface area contributed by atoms with Crippen LogP contribution in [0.1, 0.15) is 10.4 Å². The number of carbonyl (C=O) groups is 1. The van der Waals surface area contributed by atoms with Gasteiger partial charge in [-0.15, -0.1) is 0 Å². The zero-order valence-electron chi connectivity index (χ0n) is 8.80. The van der Waals surface area contributed by atoms with Gasteiger partial charge in [-0.3, -0.25) is 0 Å². The first-order valence-corrected chi connectivity index (χ1v) is 6.74. The van der Waals surface area contributed by atoms with E-state index in [1.807, 2.05) is 0 Å². The van der Waals surface area contributed by atoms with Gasteiger partial charge < -0.3 is 5.11 Å². The Bertz CT molecular complexity index is 609. The Morgan fingerprint density at radius 2 is 2.17 bits per heavy atom. The van der Waals surface area contributed by atoms with Crippen LogP contribution < -0.4 is 0 Å². The van der Waals surface area contributed by atoms with Crippen molar-refractivity contribution in [2.75, 3.05) is 0 Å². The minimum atomic E-state index is -1.03. The molecule has 92 valence electrons. The molecule has 0 radical (unpaired) electrons. The first-order valence-electron chi connectivity index (χ1n) is 4.75. The maximum absolute atomic E-state index is 11.0. The van der Waals surface area contributed by atoms with Crippen LogP contribution in [0, 0.1) is 0 Å². The first-order chi connectivity index (χ1) is 8.58. The molecular weight excluding hydrogens is 340 g/mol. The molecular formula is C11H6BrClN2O2S. The Labute approximate surface area is 121 Å². The van der Waals surface area contributed by atoms with Crippen LogP contribution in [0.25, 0.3) is 0 Å². The fourth-order valence-electron chi connectivity index (χ4n) is 1.20. The summed E-state index contributed by atoms with van der Waals surface area (Å²) in [7, 11) is 0. The third-order valence-corrected chi connectivity index (χ3v) is 3.84. The SMILES string of the molecule is O=C(O)c1cccnc1Sc1ncc(Br)cc1Cl. The predicted octanol–water partition coefficient (Wildman–Crippen LogP) is 3.74. The van der Waals surface area contributed by atoms with Gasteiger partial charge in [-0.05, 0) is 45.9 Å². The van der Waals surface area contributed by atoms with E-state index in [1.165, 1.54) is 12.3 Å². The van der Waals surface area contributed by atoms with Crippen molar-refractivity contribution >= 4 is 45.3 Å². The zero-order chi connectivity index (χ0) is 13.1. The van der Waals surface area contributed by atoms with Crippen molar-refractivity contribution in [1.29, 1.82) is 0 Å². The Morgan fingerprint density at radius 3 is 2.83 bits per heavy atom.